The summed E-state index contributed by atoms with van der Waals surface area (Å²) < 4.78 is 16.3. The van der Waals surface area contributed by atoms with Gasteiger partial charge >= 0.3 is 0 Å². The van der Waals surface area contributed by atoms with Crippen LogP contribution in [0, 0.1) is 0 Å². The molecule has 154 valence electrons. The van der Waals surface area contributed by atoms with Crippen LogP contribution in [-0.2, 0) is 15.9 Å². The Labute approximate surface area is 160 Å². The normalized spacial score (nSPS) is 28.3. The Kier molecular flexibility index (Phi) is 8.79. The van der Waals surface area contributed by atoms with Gasteiger partial charge in [-0.25, -0.2) is 0 Å². The Morgan fingerprint density at radius 3 is 2.44 bits per heavy atom. The standard InChI is InChI=1S/C20H32O7/c1-3-4-5-6-7-8-13-9-14(22)11-15(10-13)26-20-18(24)17(23)19(25-2)16(12-21)27-20/h9-11,16-24H,3-8,12H2,1-2H3/t16-,17-,18-,19-,20-/m1/s1. The van der Waals surface area contributed by atoms with Crippen molar-refractivity contribution in [2.45, 2.75) is 76.2 Å². The summed E-state index contributed by atoms with van der Waals surface area (Å²) in [5.41, 5.74) is 0.931. The minimum atomic E-state index is -1.35. The molecule has 0 saturated carbocycles. The van der Waals surface area contributed by atoms with Crippen molar-refractivity contribution in [3.8, 4) is 11.5 Å². The fraction of sp³-hybridized carbons (Fsp3) is 0.700. The molecule has 0 aliphatic carbocycles. The number of aryl methyl sites for hydroxylation is 1. The summed E-state index contributed by atoms with van der Waals surface area (Å²) in [6, 6.07) is 4.91. The van der Waals surface area contributed by atoms with Gasteiger partial charge in [-0.3, -0.25) is 0 Å². The number of aliphatic hydroxyl groups is 3. The molecule has 0 bridgehead atoms. The third-order valence-corrected chi connectivity index (χ3v) is 4.87. The molecule has 27 heavy (non-hydrogen) atoms. The predicted molar refractivity (Wildman–Crippen MR) is 99.8 cm³/mol. The van der Waals surface area contributed by atoms with Crippen LogP contribution in [0.5, 0.6) is 11.5 Å². The van der Waals surface area contributed by atoms with Gasteiger partial charge in [0.05, 0.1) is 6.61 Å². The van der Waals surface area contributed by atoms with Crippen molar-refractivity contribution in [1.82, 2.24) is 0 Å². The smallest absolute Gasteiger partial charge is 0.229 e. The average molecular weight is 384 g/mol. The highest BCUT2D eigenvalue weighted by atomic mass is 16.7. The van der Waals surface area contributed by atoms with Crippen LogP contribution < -0.4 is 4.74 Å². The number of benzene rings is 1. The number of rotatable bonds is 10. The summed E-state index contributed by atoms with van der Waals surface area (Å²) in [5, 5.41) is 39.8. The molecule has 0 unspecified atom stereocenters. The second kappa shape index (κ2) is 10.8. The van der Waals surface area contributed by atoms with Crippen LogP contribution in [0.4, 0.5) is 0 Å². The van der Waals surface area contributed by atoms with Crippen molar-refractivity contribution in [3.63, 3.8) is 0 Å². The predicted octanol–water partition coefficient (Wildman–Crippen LogP) is 1.74. The minimum absolute atomic E-state index is 0.0652. The molecule has 1 aromatic rings. The highest BCUT2D eigenvalue weighted by Crippen LogP contribution is 2.29. The van der Waals surface area contributed by atoms with E-state index in [1.165, 1.54) is 32.4 Å². The Morgan fingerprint density at radius 2 is 1.78 bits per heavy atom. The number of aromatic hydroxyl groups is 1. The van der Waals surface area contributed by atoms with E-state index in [1.54, 1.807) is 12.1 Å². The summed E-state index contributed by atoms with van der Waals surface area (Å²) in [5.74, 6) is 0.401. The zero-order chi connectivity index (χ0) is 19.8. The van der Waals surface area contributed by atoms with Crippen LogP contribution in [-0.4, -0.2) is 64.8 Å². The second-order valence-corrected chi connectivity index (χ2v) is 7.02. The third-order valence-electron chi connectivity index (χ3n) is 4.87. The van der Waals surface area contributed by atoms with E-state index in [0.29, 0.717) is 5.75 Å². The number of unbranched alkanes of at least 4 members (excludes halogenated alkanes) is 4. The summed E-state index contributed by atoms with van der Waals surface area (Å²) in [6.45, 7) is 1.79. The van der Waals surface area contributed by atoms with Crippen molar-refractivity contribution in [2.24, 2.45) is 0 Å². The van der Waals surface area contributed by atoms with Crippen molar-refractivity contribution >= 4 is 0 Å². The van der Waals surface area contributed by atoms with Gasteiger partial charge in [0.2, 0.25) is 6.29 Å². The van der Waals surface area contributed by atoms with Gasteiger partial charge in [-0.05, 0) is 30.5 Å². The number of phenolic OH excluding ortho intramolecular Hbond substituents is 1. The lowest BCUT2D eigenvalue weighted by molar-refractivity contribution is -0.281. The molecule has 7 heteroatoms. The monoisotopic (exact) mass is 384 g/mol. The zero-order valence-electron chi connectivity index (χ0n) is 16.1. The van der Waals surface area contributed by atoms with Gasteiger partial charge in [0.15, 0.2) is 0 Å². The molecule has 1 fully saturated rings. The molecule has 5 atom stereocenters. The van der Waals surface area contributed by atoms with Gasteiger partial charge in [-0.1, -0.05) is 32.6 Å². The first-order chi connectivity index (χ1) is 13.0. The summed E-state index contributed by atoms with van der Waals surface area (Å²) in [4.78, 5) is 0. The number of methoxy groups -OCH3 is 1. The van der Waals surface area contributed by atoms with Gasteiger partial charge in [0.1, 0.15) is 35.9 Å². The van der Waals surface area contributed by atoms with Crippen LogP contribution in [0.1, 0.15) is 44.6 Å². The highest BCUT2D eigenvalue weighted by molar-refractivity contribution is 5.37. The lowest BCUT2D eigenvalue weighted by Gasteiger charge is -2.41. The summed E-state index contributed by atoms with van der Waals surface area (Å²) in [7, 11) is 1.37. The molecule has 1 aliphatic rings. The molecule has 0 amide bonds. The topological polar surface area (TPSA) is 109 Å². The second-order valence-electron chi connectivity index (χ2n) is 7.02. The van der Waals surface area contributed by atoms with Gasteiger partial charge in [-0.2, -0.15) is 0 Å². The number of hydrogen-bond acceptors (Lipinski definition) is 7. The van der Waals surface area contributed by atoms with Crippen LogP contribution in [0.3, 0.4) is 0 Å². The van der Waals surface area contributed by atoms with Crippen LogP contribution in [0.25, 0.3) is 0 Å². The van der Waals surface area contributed by atoms with Crippen molar-refractivity contribution in [2.75, 3.05) is 13.7 Å². The summed E-state index contributed by atoms with van der Waals surface area (Å²) >= 11 is 0. The first-order valence-corrected chi connectivity index (χ1v) is 9.65. The average Bonchev–Trinajstić information content (AvgIpc) is 2.64. The molecular formula is C20H32O7. The molecule has 4 N–H and O–H groups in total. The summed E-state index contributed by atoms with van der Waals surface area (Å²) in [6.07, 6.45) is 1.11. The van der Waals surface area contributed by atoms with E-state index in [9.17, 15) is 20.4 Å². The van der Waals surface area contributed by atoms with E-state index in [1.807, 2.05) is 0 Å². The molecule has 1 heterocycles. The molecule has 2 rings (SSSR count). The fourth-order valence-electron chi connectivity index (χ4n) is 3.36. The van der Waals surface area contributed by atoms with E-state index < -0.39 is 30.7 Å². The first-order valence-electron chi connectivity index (χ1n) is 9.65. The van der Waals surface area contributed by atoms with Crippen LogP contribution in [0.15, 0.2) is 18.2 Å². The van der Waals surface area contributed by atoms with Crippen LogP contribution >= 0.6 is 0 Å². The molecule has 1 aliphatic heterocycles. The minimum Gasteiger partial charge on any atom is -0.508 e. The Balaban J connectivity index is 2.01. The van der Waals surface area contributed by atoms with E-state index >= 15 is 0 Å². The van der Waals surface area contributed by atoms with Gasteiger partial charge in [0.25, 0.3) is 0 Å². The third kappa shape index (κ3) is 6.05. The maximum absolute atomic E-state index is 10.3. The Hall–Kier alpha value is -1.38. The van der Waals surface area contributed by atoms with E-state index in [4.69, 9.17) is 14.2 Å². The SMILES string of the molecule is CCCCCCCc1cc(O)cc(O[C@@H]2O[C@H](CO)[C@@H](OC)[C@H](O)[C@H]2O)c1. The van der Waals surface area contributed by atoms with E-state index in [2.05, 4.69) is 6.92 Å². The quantitative estimate of drug-likeness (QED) is 0.455. The van der Waals surface area contributed by atoms with E-state index in [0.717, 1.165) is 24.8 Å². The molecule has 0 radical (unpaired) electrons. The number of aliphatic hydroxyl groups excluding tert-OH is 3. The van der Waals surface area contributed by atoms with Gasteiger partial charge in [0, 0.05) is 13.2 Å². The largest absolute Gasteiger partial charge is 0.508 e. The van der Waals surface area contributed by atoms with Gasteiger partial charge in [-0.15, -0.1) is 0 Å². The molecule has 7 nitrogen and oxygen atoms in total. The van der Waals surface area contributed by atoms with Crippen molar-refractivity contribution < 1.29 is 34.6 Å². The molecule has 1 aromatic carbocycles. The number of ether oxygens (including phenoxy) is 3. The van der Waals surface area contributed by atoms with Crippen molar-refractivity contribution in [3.05, 3.63) is 23.8 Å². The number of hydrogen-bond donors (Lipinski definition) is 4. The lowest BCUT2D eigenvalue weighted by Crippen LogP contribution is -2.60. The first kappa shape index (κ1) is 21.9. The molecule has 1 saturated heterocycles. The Bertz CT molecular complexity index is 563. The fourth-order valence-corrected chi connectivity index (χ4v) is 3.36. The maximum atomic E-state index is 10.3. The van der Waals surface area contributed by atoms with Gasteiger partial charge < -0.3 is 34.6 Å². The maximum Gasteiger partial charge on any atom is 0.229 e. The number of phenols is 1. The lowest BCUT2D eigenvalue weighted by atomic mass is 9.99. The van der Waals surface area contributed by atoms with Crippen molar-refractivity contribution in [1.29, 1.82) is 0 Å². The molecule has 0 aromatic heterocycles. The molecular weight excluding hydrogens is 352 g/mol. The van der Waals surface area contributed by atoms with E-state index in [-0.39, 0.29) is 12.4 Å². The highest BCUT2D eigenvalue weighted by Gasteiger charge is 2.45. The van der Waals surface area contributed by atoms with Crippen LogP contribution in [0.2, 0.25) is 0 Å². The Morgan fingerprint density at radius 1 is 1.04 bits per heavy atom. The zero-order valence-corrected chi connectivity index (χ0v) is 16.1. The molecule has 0 spiro atoms.